The van der Waals surface area contributed by atoms with E-state index in [1.165, 1.54) is 10.9 Å². The van der Waals surface area contributed by atoms with Crippen molar-refractivity contribution < 1.29 is 4.39 Å². The van der Waals surface area contributed by atoms with E-state index >= 15 is 0 Å². The molecule has 0 radical (unpaired) electrons. The third-order valence-corrected chi connectivity index (χ3v) is 4.40. The molecule has 0 aliphatic heterocycles. The molecular weight excluding hydrogens is 299 g/mol. The molecule has 0 saturated heterocycles. The molecule has 0 unspecified atom stereocenters. The van der Waals surface area contributed by atoms with Crippen LogP contribution in [0.25, 0.3) is 0 Å². The van der Waals surface area contributed by atoms with Gasteiger partial charge in [0.25, 0.3) is 0 Å². The Morgan fingerprint density at radius 1 is 1.27 bits per heavy atom. The zero-order valence-corrected chi connectivity index (χ0v) is 13.9. The Bertz CT molecular complexity index is 651. The second kappa shape index (κ2) is 7.89. The summed E-state index contributed by atoms with van der Waals surface area (Å²) in [4.78, 5) is 9.86. The van der Waals surface area contributed by atoms with E-state index in [0.717, 1.165) is 23.7 Å². The number of rotatable bonds is 5. The standard InChI is InChI=1S/C16H21FN4S/c1-11-15(22-12(2)21-11)8-9-19-16(18-3)20-10-13-6-4-5-7-14(13)17/h4-7H,8-10H2,1-3H3,(H2,18,19,20). The SMILES string of the molecule is CN=C(NCCc1sc(C)nc1C)NCc1ccccc1F. The Morgan fingerprint density at radius 3 is 2.68 bits per heavy atom. The summed E-state index contributed by atoms with van der Waals surface area (Å²) in [6.45, 7) is 5.22. The first-order valence-electron chi connectivity index (χ1n) is 7.21. The number of halogens is 1. The summed E-state index contributed by atoms with van der Waals surface area (Å²) in [7, 11) is 1.71. The van der Waals surface area contributed by atoms with Gasteiger partial charge in [0.1, 0.15) is 5.82 Å². The van der Waals surface area contributed by atoms with Crippen molar-refractivity contribution in [3.63, 3.8) is 0 Å². The van der Waals surface area contributed by atoms with E-state index in [-0.39, 0.29) is 5.82 Å². The minimum atomic E-state index is -0.207. The van der Waals surface area contributed by atoms with Crippen molar-refractivity contribution in [1.82, 2.24) is 15.6 Å². The highest BCUT2D eigenvalue weighted by molar-refractivity contribution is 7.11. The topological polar surface area (TPSA) is 49.3 Å². The first-order chi connectivity index (χ1) is 10.6. The summed E-state index contributed by atoms with van der Waals surface area (Å²) in [5, 5.41) is 7.45. The van der Waals surface area contributed by atoms with Gasteiger partial charge in [-0.2, -0.15) is 0 Å². The molecule has 4 nitrogen and oxygen atoms in total. The van der Waals surface area contributed by atoms with Crippen LogP contribution in [-0.2, 0) is 13.0 Å². The highest BCUT2D eigenvalue weighted by Crippen LogP contribution is 2.17. The second-order valence-corrected chi connectivity index (χ2v) is 6.22. The quantitative estimate of drug-likeness (QED) is 0.658. The van der Waals surface area contributed by atoms with Gasteiger partial charge < -0.3 is 10.6 Å². The van der Waals surface area contributed by atoms with Crippen molar-refractivity contribution in [2.75, 3.05) is 13.6 Å². The van der Waals surface area contributed by atoms with E-state index in [1.807, 2.05) is 19.9 Å². The van der Waals surface area contributed by atoms with Gasteiger partial charge in [0.15, 0.2) is 5.96 Å². The number of hydrogen-bond acceptors (Lipinski definition) is 3. The normalized spacial score (nSPS) is 11.5. The molecule has 1 aromatic carbocycles. The van der Waals surface area contributed by atoms with Crippen LogP contribution in [0.3, 0.4) is 0 Å². The van der Waals surface area contributed by atoms with Gasteiger partial charge in [-0.1, -0.05) is 18.2 Å². The van der Waals surface area contributed by atoms with Crippen LogP contribution in [0.5, 0.6) is 0 Å². The fraction of sp³-hybridized carbons (Fsp3) is 0.375. The van der Waals surface area contributed by atoms with Crippen LogP contribution in [-0.4, -0.2) is 24.5 Å². The fourth-order valence-electron chi connectivity index (χ4n) is 2.14. The maximum absolute atomic E-state index is 13.6. The van der Waals surface area contributed by atoms with Crippen molar-refractivity contribution in [3.8, 4) is 0 Å². The van der Waals surface area contributed by atoms with Gasteiger partial charge >= 0.3 is 0 Å². The predicted octanol–water partition coefficient (Wildman–Crippen LogP) is 2.81. The highest BCUT2D eigenvalue weighted by Gasteiger charge is 2.06. The molecule has 1 aromatic heterocycles. The lowest BCUT2D eigenvalue weighted by Gasteiger charge is -2.12. The van der Waals surface area contributed by atoms with Crippen molar-refractivity contribution >= 4 is 17.3 Å². The molecule has 0 aliphatic rings. The molecule has 0 atom stereocenters. The van der Waals surface area contributed by atoms with E-state index in [4.69, 9.17) is 0 Å². The van der Waals surface area contributed by atoms with E-state index in [2.05, 4.69) is 20.6 Å². The summed E-state index contributed by atoms with van der Waals surface area (Å²) < 4.78 is 13.6. The number of hydrogen-bond donors (Lipinski definition) is 2. The molecule has 6 heteroatoms. The van der Waals surface area contributed by atoms with Crippen LogP contribution in [0.2, 0.25) is 0 Å². The van der Waals surface area contributed by atoms with Gasteiger partial charge in [-0.3, -0.25) is 4.99 Å². The Morgan fingerprint density at radius 2 is 2.05 bits per heavy atom. The van der Waals surface area contributed by atoms with Crippen LogP contribution in [0, 0.1) is 19.7 Å². The lowest BCUT2D eigenvalue weighted by atomic mass is 10.2. The van der Waals surface area contributed by atoms with Crippen LogP contribution in [0.1, 0.15) is 21.1 Å². The minimum Gasteiger partial charge on any atom is -0.356 e. The van der Waals surface area contributed by atoms with E-state index in [9.17, 15) is 4.39 Å². The number of nitrogens with one attached hydrogen (secondary N) is 2. The summed E-state index contributed by atoms with van der Waals surface area (Å²) in [6, 6.07) is 6.73. The second-order valence-electron chi connectivity index (χ2n) is 4.94. The molecule has 2 rings (SSSR count). The summed E-state index contributed by atoms with van der Waals surface area (Å²) in [5.41, 5.74) is 1.72. The van der Waals surface area contributed by atoms with Gasteiger partial charge in [-0.15, -0.1) is 11.3 Å². The van der Waals surface area contributed by atoms with Crippen LogP contribution in [0.15, 0.2) is 29.3 Å². The van der Waals surface area contributed by atoms with Gasteiger partial charge in [-0.05, 0) is 19.9 Å². The summed E-state index contributed by atoms with van der Waals surface area (Å²) in [5.74, 6) is 0.461. The van der Waals surface area contributed by atoms with E-state index < -0.39 is 0 Å². The van der Waals surface area contributed by atoms with Gasteiger partial charge in [0, 0.05) is 37.0 Å². The van der Waals surface area contributed by atoms with Gasteiger partial charge in [-0.25, -0.2) is 9.37 Å². The van der Waals surface area contributed by atoms with Crippen LogP contribution >= 0.6 is 11.3 Å². The van der Waals surface area contributed by atoms with Crippen LogP contribution in [0.4, 0.5) is 4.39 Å². The number of aromatic nitrogens is 1. The lowest BCUT2D eigenvalue weighted by molar-refractivity contribution is 0.604. The van der Waals surface area contributed by atoms with Crippen molar-refractivity contribution in [2.24, 2.45) is 4.99 Å². The smallest absolute Gasteiger partial charge is 0.191 e. The molecule has 0 spiro atoms. The minimum absolute atomic E-state index is 0.207. The molecule has 0 amide bonds. The number of aryl methyl sites for hydroxylation is 2. The van der Waals surface area contributed by atoms with Crippen molar-refractivity contribution in [3.05, 3.63) is 51.2 Å². The number of guanidine groups is 1. The molecule has 118 valence electrons. The molecule has 2 aromatic rings. The molecular formula is C16H21FN4S. The zero-order valence-electron chi connectivity index (χ0n) is 13.1. The monoisotopic (exact) mass is 320 g/mol. The molecule has 0 bridgehead atoms. The third kappa shape index (κ3) is 4.53. The first kappa shape index (κ1) is 16.4. The summed E-state index contributed by atoms with van der Waals surface area (Å²) >= 11 is 1.72. The molecule has 0 fully saturated rings. The third-order valence-electron chi connectivity index (χ3n) is 3.27. The number of benzene rings is 1. The number of thiazole rings is 1. The maximum Gasteiger partial charge on any atom is 0.191 e. The van der Waals surface area contributed by atoms with E-state index in [0.29, 0.717) is 18.1 Å². The molecule has 1 heterocycles. The molecule has 0 saturated carbocycles. The van der Waals surface area contributed by atoms with Gasteiger partial charge in [0.2, 0.25) is 0 Å². The van der Waals surface area contributed by atoms with Crippen LogP contribution < -0.4 is 10.6 Å². The zero-order chi connectivity index (χ0) is 15.9. The Kier molecular flexibility index (Phi) is 5.89. The maximum atomic E-state index is 13.6. The molecule has 2 N–H and O–H groups in total. The average Bonchev–Trinajstić information content (AvgIpc) is 2.82. The lowest BCUT2D eigenvalue weighted by Crippen LogP contribution is -2.38. The fourth-order valence-corrected chi connectivity index (χ4v) is 3.08. The number of aliphatic imine (C=N–C) groups is 1. The van der Waals surface area contributed by atoms with Crippen molar-refractivity contribution in [2.45, 2.75) is 26.8 Å². The Labute approximate surface area is 134 Å². The highest BCUT2D eigenvalue weighted by atomic mass is 32.1. The average molecular weight is 320 g/mol. The molecule has 0 aliphatic carbocycles. The molecule has 22 heavy (non-hydrogen) atoms. The van der Waals surface area contributed by atoms with Gasteiger partial charge in [0.05, 0.1) is 10.7 Å². The predicted molar refractivity (Wildman–Crippen MR) is 89.9 cm³/mol. The largest absolute Gasteiger partial charge is 0.356 e. The first-order valence-corrected chi connectivity index (χ1v) is 8.02. The van der Waals surface area contributed by atoms with Crippen molar-refractivity contribution in [1.29, 1.82) is 0 Å². The summed E-state index contributed by atoms with van der Waals surface area (Å²) in [6.07, 6.45) is 0.901. The Hall–Kier alpha value is -1.95. The number of nitrogens with zero attached hydrogens (tertiary/aromatic N) is 2. The van der Waals surface area contributed by atoms with E-state index in [1.54, 1.807) is 30.5 Å². The Balaban J connectivity index is 1.81.